The molecule has 142 valence electrons. The highest BCUT2D eigenvalue weighted by Crippen LogP contribution is 2.30. The number of hydrogen-bond donors (Lipinski definition) is 1. The second-order valence-corrected chi connectivity index (χ2v) is 5.68. The van der Waals surface area contributed by atoms with Crippen LogP contribution in [0.3, 0.4) is 0 Å². The minimum Gasteiger partial charge on any atom is -0.342 e. The van der Waals surface area contributed by atoms with E-state index in [1.54, 1.807) is 19.1 Å². The summed E-state index contributed by atoms with van der Waals surface area (Å²) < 4.78 is 40.3. The lowest BCUT2D eigenvalue weighted by Crippen LogP contribution is -2.29. The SMILES string of the molecule is CC(NC(=O)c1cc(C#N)cc(C(F)(F)F)c1)c1ncnn1-c1ncccn1. The second kappa shape index (κ2) is 7.43. The number of nitrogens with zero attached hydrogens (tertiary/aromatic N) is 6. The highest BCUT2D eigenvalue weighted by atomic mass is 19.4. The zero-order valence-electron chi connectivity index (χ0n) is 14.3. The van der Waals surface area contributed by atoms with Crippen molar-refractivity contribution in [1.82, 2.24) is 30.0 Å². The average Bonchev–Trinajstić information content (AvgIpc) is 3.17. The van der Waals surface area contributed by atoms with Gasteiger partial charge in [-0.2, -0.15) is 28.2 Å². The fourth-order valence-corrected chi connectivity index (χ4v) is 2.43. The monoisotopic (exact) mass is 387 g/mol. The largest absolute Gasteiger partial charge is 0.416 e. The third kappa shape index (κ3) is 3.96. The van der Waals surface area contributed by atoms with Gasteiger partial charge in [0.05, 0.1) is 23.2 Å². The molecule has 0 aliphatic carbocycles. The topological polar surface area (TPSA) is 109 Å². The van der Waals surface area contributed by atoms with Crippen LogP contribution in [0.4, 0.5) is 13.2 Å². The maximum atomic E-state index is 13.0. The molecule has 1 atom stereocenters. The van der Waals surface area contributed by atoms with Gasteiger partial charge in [0.2, 0.25) is 0 Å². The van der Waals surface area contributed by atoms with Crippen molar-refractivity contribution in [2.24, 2.45) is 0 Å². The number of amides is 1. The highest BCUT2D eigenvalue weighted by molar-refractivity contribution is 5.95. The van der Waals surface area contributed by atoms with Crippen molar-refractivity contribution in [2.45, 2.75) is 19.1 Å². The van der Waals surface area contributed by atoms with Gasteiger partial charge >= 0.3 is 6.18 Å². The van der Waals surface area contributed by atoms with Crippen LogP contribution in [0.1, 0.15) is 40.3 Å². The summed E-state index contributed by atoms with van der Waals surface area (Å²) in [6.45, 7) is 1.58. The van der Waals surface area contributed by atoms with Gasteiger partial charge in [0, 0.05) is 18.0 Å². The molecule has 3 rings (SSSR count). The first-order chi connectivity index (χ1) is 13.3. The van der Waals surface area contributed by atoms with Crippen molar-refractivity contribution in [3.8, 4) is 12.0 Å². The van der Waals surface area contributed by atoms with E-state index in [9.17, 15) is 18.0 Å². The summed E-state index contributed by atoms with van der Waals surface area (Å²) in [6, 6.07) is 4.97. The van der Waals surface area contributed by atoms with Crippen LogP contribution in [-0.4, -0.2) is 30.6 Å². The molecular formula is C17H12F3N7O. The van der Waals surface area contributed by atoms with Crippen molar-refractivity contribution in [3.63, 3.8) is 0 Å². The van der Waals surface area contributed by atoms with Crippen molar-refractivity contribution >= 4 is 5.91 Å². The Bertz CT molecular complexity index is 1040. The Morgan fingerprint density at radius 1 is 1.21 bits per heavy atom. The molecule has 2 aromatic heterocycles. The Hall–Kier alpha value is -3.81. The number of aromatic nitrogens is 5. The molecule has 0 spiro atoms. The smallest absolute Gasteiger partial charge is 0.342 e. The maximum Gasteiger partial charge on any atom is 0.416 e. The molecule has 8 nitrogen and oxygen atoms in total. The Morgan fingerprint density at radius 3 is 2.57 bits per heavy atom. The lowest BCUT2D eigenvalue weighted by Gasteiger charge is -2.15. The first-order valence-corrected chi connectivity index (χ1v) is 7.90. The molecule has 0 fully saturated rings. The van der Waals surface area contributed by atoms with Crippen molar-refractivity contribution in [1.29, 1.82) is 5.26 Å². The zero-order valence-corrected chi connectivity index (χ0v) is 14.3. The Morgan fingerprint density at radius 2 is 1.93 bits per heavy atom. The molecule has 0 saturated carbocycles. The number of hydrogen-bond acceptors (Lipinski definition) is 6. The molecule has 1 amide bonds. The fourth-order valence-electron chi connectivity index (χ4n) is 2.43. The maximum absolute atomic E-state index is 13.0. The first-order valence-electron chi connectivity index (χ1n) is 7.90. The van der Waals surface area contributed by atoms with Crippen LogP contribution in [0.2, 0.25) is 0 Å². The molecule has 0 bridgehead atoms. The minimum absolute atomic E-state index is 0.224. The van der Waals surface area contributed by atoms with E-state index in [0.29, 0.717) is 12.1 Å². The van der Waals surface area contributed by atoms with E-state index >= 15 is 0 Å². The van der Waals surface area contributed by atoms with E-state index in [4.69, 9.17) is 5.26 Å². The summed E-state index contributed by atoms with van der Waals surface area (Å²) in [4.78, 5) is 24.6. The van der Waals surface area contributed by atoms with E-state index in [-0.39, 0.29) is 22.9 Å². The summed E-state index contributed by atoms with van der Waals surface area (Å²) in [6.07, 6.45) is -0.434. The van der Waals surface area contributed by atoms with Gasteiger partial charge in [-0.25, -0.2) is 15.0 Å². The lowest BCUT2D eigenvalue weighted by atomic mass is 10.0. The van der Waals surface area contributed by atoms with Crippen LogP contribution in [0.25, 0.3) is 5.95 Å². The average molecular weight is 387 g/mol. The van der Waals surface area contributed by atoms with Gasteiger partial charge in [-0.15, -0.1) is 0 Å². The molecule has 28 heavy (non-hydrogen) atoms. The summed E-state index contributed by atoms with van der Waals surface area (Å²) in [7, 11) is 0. The van der Waals surface area contributed by atoms with Crippen molar-refractivity contribution < 1.29 is 18.0 Å². The molecule has 0 saturated heterocycles. The molecule has 0 aliphatic heterocycles. The van der Waals surface area contributed by atoms with E-state index in [1.807, 2.05) is 0 Å². The highest BCUT2D eigenvalue weighted by Gasteiger charge is 2.32. The summed E-state index contributed by atoms with van der Waals surface area (Å²) in [5, 5.41) is 15.5. The third-order valence-corrected chi connectivity index (χ3v) is 3.70. The number of rotatable bonds is 4. The zero-order chi connectivity index (χ0) is 20.3. The molecule has 1 aromatic carbocycles. The predicted octanol–water partition coefficient (Wildman–Crippen LogP) is 2.44. The molecule has 11 heteroatoms. The molecule has 1 unspecified atom stereocenters. The molecule has 2 heterocycles. The van der Waals surface area contributed by atoms with E-state index in [1.165, 1.54) is 23.4 Å². The molecule has 1 N–H and O–H groups in total. The van der Waals surface area contributed by atoms with Gasteiger partial charge < -0.3 is 5.32 Å². The van der Waals surface area contributed by atoms with Crippen molar-refractivity contribution in [3.05, 3.63) is 65.5 Å². The number of halogens is 3. The van der Waals surface area contributed by atoms with E-state index < -0.39 is 23.7 Å². The Kier molecular flexibility index (Phi) is 5.04. The Labute approximate surface area is 156 Å². The van der Waals surface area contributed by atoms with Gasteiger partial charge in [0.25, 0.3) is 11.9 Å². The van der Waals surface area contributed by atoms with Gasteiger partial charge in [-0.1, -0.05) is 0 Å². The standard InChI is InChI=1S/C17H12F3N7O/c1-10(14-24-9-25-27(14)16-22-3-2-4-23-16)26-15(28)12-5-11(8-21)6-13(7-12)17(18,19)20/h2-7,9-10H,1H3,(H,26,28). The van der Waals surface area contributed by atoms with E-state index in [0.717, 1.165) is 6.07 Å². The number of carbonyl (C=O) groups is 1. The number of nitriles is 1. The fraction of sp³-hybridized carbons (Fsp3) is 0.176. The lowest BCUT2D eigenvalue weighted by molar-refractivity contribution is -0.137. The third-order valence-electron chi connectivity index (χ3n) is 3.70. The van der Waals surface area contributed by atoms with Crippen LogP contribution in [0.5, 0.6) is 0 Å². The first kappa shape index (κ1) is 19.0. The number of benzene rings is 1. The minimum atomic E-state index is -4.68. The van der Waals surface area contributed by atoms with Gasteiger partial charge in [-0.3, -0.25) is 4.79 Å². The summed E-state index contributed by atoms with van der Waals surface area (Å²) >= 11 is 0. The number of alkyl halides is 3. The molecular weight excluding hydrogens is 375 g/mol. The van der Waals surface area contributed by atoms with Gasteiger partial charge in [-0.05, 0) is 31.2 Å². The summed E-state index contributed by atoms with van der Waals surface area (Å²) in [5.74, 6) is -0.285. The van der Waals surface area contributed by atoms with Crippen LogP contribution in [0.15, 0.2) is 43.0 Å². The predicted molar refractivity (Wildman–Crippen MR) is 89.0 cm³/mol. The Balaban J connectivity index is 1.87. The van der Waals surface area contributed by atoms with E-state index in [2.05, 4.69) is 25.4 Å². The van der Waals surface area contributed by atoms with Crippen LogP contribution >= 0.6 is 0 Å². The number of carbonyl (C=O) groups excluding carboxylic acids is 1. The van der Waals surface area contributed by atoms with Crippen LogP contribution < -0.4 is 5.32 Å². The quantitative estimate of drug-likeness (QED) is 0.736. The second-order valence-electron chi connectivity index (χ2n) is 5.68. The van der Waals surface area contributed by atoms with Crippen molar-refractivity contribution in [2.75, 3.05) is 0 Å². The normalized spacial score (nSPS) is 12.2. The van der Waals surface area contributed by atoms with Crippen LogP contribution in [-0.2, 0) is 6.18 Å². The van der Waals surface area contributed by atoms with Crippen LogP contribution in [0, 0.1) is 11.3 Å². The number of nitrogens with one attached hydrogen (secondary N) is 1. The molecule has 0 radical (unpaired) electrons. The molecule has 0 aliphatic rings. The van der Waals surface area contributed by atoms with Gasteiger partial charge in [0.1, 0.15) is 6.33 Å². The summed E-state index contributed by atoms with van der Waals surface area (Å²) in [5.41, 5.74) is -1.64. The molecule has 3 aromatic rings. The van der Waals surface area contributed by atoms with Gasteiger partial charge in [0.15, 0.2) is 5.82 Å².